The minimum absolute atomic E-state index is 0.150. The van der Waals surface area contributed by atoms with Gasteiger partial charge in [0.25, 0.3) is 5.56 Å². The van der Waals surface area contributed by atoms with E-state index in [1.165, 1.54) is 18.0 Å². The van der Waals surface area contributed by atoms with Gasteiger partial charge in [0.2, 0.25) is 0 Å². The maximum absolute atomic E-state index is 11.1. The molecule has 0 saturated heterocycles. The molecule has 4 nitrogen and oxygen atoms in total. The molecular weight excluding hydrogens is 186 g/mol. The Morgan fingerprint density at radius 3 is 3.00 bits per heavy atom. The van der Waals surface area contributed by atoms with Crippen molar-refractivity contribution in [3.8, 4) is 6.07 Å². The molecule has 1 unspecified atom stereocenters. The maximum atomic E-state index is 11.1. The highest BCUT2D eigenvalue weighted by Gasteiger charge is 2.04. The van der Waals surface area contributed by atoms with Crippen molar-refractivity contribution in [2.75, 3.05) is 0 Å². The van der Waals surface area contributed by atoms with Crippen LogP contribution >= 0.6 is 11.8 Å². The Morgan fingerprint density at radius 1 is 1.77 bits per heavy atom. The Labute approximate surface area is 80.0 Å². The van der Waals surface area contributed by atoms with Crippen molar-refractivity contribution in [2.24, 2.45) is 0 Å². The number of thioether (sulfide) groups is 1. The van der Waals surface area contributed by atoms with E-state index in [0.717, 1.165) is 0 Å². The number of nitriles is 1. The molecule has 0 radical (unpaired) electrons. The minimum atomic E-state index is -0.203. The fourth-order valence-electron chi connectivity index (χ4n) is 0.696. The summed E-state index contributed by atoms with van der Waals surface area (Å²) in [5.41, 5.74) is 0.427. The van der Waals surface area contributed by atoms with Gasteiger partial charge >= 0.3 is 0 Å². The molecule has 0 fully saturated rings. The predicted octanol–water partition coefficient (Wildman–Crippen LogP) is 1.08. The molecule has 1 aromatic heterocycles. The zero-order chi connectivity index (χ0) is 9.84. The van der Waals surface area contributed by atoms with E-state index in [0.29, 0.717) is 10.7 Å². The van der Waals surface area contributed by atoms with Crippen molar-refractivity contribution in [1.82, 2.24) is 9.97 Å². The first kappa shape index (κ1) is 9.81. The second-order valence-corrected chi connectivity index (χ2v) is 3.92. The van der Waals surface area contributed by atoms with Crippen molar-refractivity contribution in [2.45, 2.75) is 24.3 Å². The maximum Gasteiger partial charge on any atom is 0.254 e. The third-order valence-corrected chi connectivity index (χ3v) is 2.31. The highest BCUT2D eigenvalue weighted by molar-refractivity contribution is 7.99. The first-order valence-electron chi connectivity index (χ1n) is 3.75. The first-order valence-corrected chi connectivity index (χ1v) is 4.63. The Bertz CT molecular complexity index is 393. The van der Waals surface area contributed by atoms with Gasteiger partial charge in [0.05, 0.1) is 11.3 Å². The van der Waals surface area contributed by atoms with Gasteiger partial charge in [0.1, 0.15) is 0 Å². The second-order valence-electron chi connectivity index (χ2n) is 2.59. The summed E-state index contributed by atoms with van der Waals surface area (Å²) >= 11 is 1.24. The number of rotatable bonds is 2. The van der Waals surface area contributed by atoms with E-state index in [9.17, 15) is 4.79 Å². The summed E-state index contributed by atoms with van der Waals surface area (Å²) in [5, 5.41) is 8.82. The van der Waals surface area contributed by atoms with E-state index in [1.807, 2.05) is 6.07 Å². The number of aryl methyl sites for hydroxylation is 1. The largest absolute Gasteiger partial charge is 0.301 e. The third kappa shape index (κ3) is 2.60. The van der Waals surface area contributed by atoms with Crippen molar-refractivity contribution < 1.29 is 0 Å². The van der Waals surface area contributed by atoms with Crippen LogP contribution in [0, 0.1) is 18.3 Å². The van der Waals surface area contributed by atoms with E-state index >= 15 is 0 Å². The van der Waals surface area contributed by atoms with Gasteiger partial charge < -0.3 is 4.98 Å². The quantitative estimate of drug-likeness (QED) is 0.566. The average molecular weight is 195 g/mol. The van der Waals surface area contributed by atoms with Gasteiger partial charge in [0.15, 0.2) is 5.16 Å². The van der Waals surface area contributed by atoms with Crippen molar-refractivity contribution in [3.63, 3.8) is 0 Å². The van der Waals surface area contributed by atoms with Crippen LogP contribution in [0.4, 0.5) is 0 Å². The lowest BCUT2D eigenvalue weighted by molar-refractivity contribution is 0.914. The molecule has 0 bridgehead atoms. The van der Waals surface area contributed by atoms with Crippen molar-refractivity contribution in [1.29, 1.82) is 5.26 Å². The van der Waals surface area contributed by atoms with Gasteiger partial charge in [-0.1, -0.05) is 11.8 Å². The Balaban J connectivity index is 2.87. The lowest BCUT2D eigenvalue weighted by Crippen LogP contribution is -2.11. The number of nitrogens with one attached hydrogen (secondary N) is 1. The summed E-state index contributed by atoms with van der Waals surface area (Å²) in [6.07, 6.45) is 1.51. The van der Waals surface area contributed by atoms with E-state index in [4.69, 9.17) is 5.26 Å². The SMILES string of the molecule is Cc1cnc(SC(C)C#N)[nH]c1=O. The van der Waals surface area contributed by atoms with Crippen LogP contribution < -0.4 is 5.56 Å². The molecule has 0 amide bonds. The van der Waals surface area contributed by atoms with E-state index in [2.05, 4.69) is 9.97 Å². The molecule has 0 spiro atoms. The van der Waals surface area contributed by atoms with Crippen LogP contribution in [0.1, 0.15) is 12.5 Å². The number of aromatic nitrogens is 2. The van der Waals surface area contributed by atoms with E-state index < -0.39 is 0 Å². The molecule has 0 aliphatic heterocycles. The summed E-state index contributed by atoms with van der Waals surface area (Å²) in [7, 11) is 0. The summed E-state index contributed by atoms with van der Waals surface area (Å²) in [6.45, 7) is 3.44. The molecule has 1 aromatic rings. The van der Waals surface area contributed by atoms with Crippen LogP contribution in [-0.2, 0) is 0 Å². The Kier molecular flexibility index (Phi) is 3.09. The van der Waals surface area contributed by atoms with Crippen LogP contribution in [-0.4, -0.2) is 15.2 Å². The number of nitrogens with zero attached hydrogens (tertiary/aromatic N) is 2. The van der Waals surface area contributed by atoms with Crippen LogP contribution in [0.3, 0.4) is 0 Å². The average Bonchev–Trinajstić information content (AvgIpc) is 2.11. The molecule has 0 saturated carbocycles. The number of aromatic amines is 1. The highest BCUT2D eigenvalue weighted by atomic mass is 32.2. The molecular formula is C8H9N3OS. The summed E-state index contributed by atoms with van der Waals surface area (Å²) in [5.74, 6) is 0. The summed E-state index contributed by atoms with van der Waals surface area (Å²) in [4.78, 5) is 17.7. The highest BCUT2D eigenvalue weighted by Crippen LogP contribution is 2.16. The van der Waals surface area contributed by atoms with Crippen molar-refractivity contribution in [3.05, 3.63) is 22.1 Å². The zero-order valence-corrected chi connectivity index (χ0v) is 8.18. The predicted molar refractivity (Wildman–Crippen MR) is 50.5 cm³/mol. The first-order chi connectivity index (χ1) is 6.13. The standard InChI is InChI=1S/C8H9N3OS/c1-5-4-10-8(11-7(5)12)13-6(2)3-9/h4,6H,1-2H3,(H,10,11,12). The zero-order valence-electron chi connectivity index (χ0n) is 7.37. The summed E-state index contributed by atoms with van der Waals surface area (Å²) in [6, 6.07) is 2.05. The fraction of sp³-hybridized carbons (Fsp3) is 0.375. The van der Waals surface area contributed by atoms with Gasteiger partial charge in [-0.3, -0.25) is 4.79 Å². The van der Waals surface area contributed by atoms with Gasteiger partial charge in [-0.05, 0) is 13.8 Å². The molecule has 5 heteroatoms. The van der Waals surface area contributed by atoms with E-state index in [-0.39, 0.29) is 10.8 Å². The van der Waals surface area contributed by atoms with Gasteiger partial charge in [-0.25, -0.2) is 4.98 Å². The third-order valence-electron chi connectivity index (χ3n) is 1.42. The summed E-state index contributed by atoms with van der Waals surface area (Å²) < 4.78 is 0. The van der Waals surface area contributed by atoms with Crippen LogP contribution in [0.15, 0.2) is 16.1 Å². The van der Waals surface area contributed by atoms with Crippen LogP contribution in [0.5, 0.6) is 0 Å². The molecule has 1 atom stereocenters. The van der Waals surface area contributed by atoms with Crippen LogP contribution in [0.2, 0.25) is 0 Å². The Morgan fingerprint density at radius 2 is 2.46 bits per heavy atom. The molecule has 68 valence electrons. The monoisotopic (exact) mass is 195 g/mol. The van der Waals surface area contributed by atoms with Gasteiger partial charge in [0, 0.05) is 11.8 Å². The molecule has 13 heavy (non-hydrogen) atoms. The van der Waals surface area contributed by atoms with Gasteiger partial charge in [-0.2, -0.15) is 5.26 Å². The van der Waals surface area contributed by atoms with Crippen molar-refractivity contribution >= 4 is 11.8 Å². The molecule has 1 rings (SSSR count). The molecule has 0 aliphatic carbocycles. The normalized spacial score (nSPS) is 12.1. The number of hydrogen-bond donors (Lipinski definition) is 1. The van der Waals surface area contributed by atoms with E-state index in [1.54, 1.807) is 13.8 Å². The number of hydrogen-bond acceptors (Lipinski definition) is 4. The lowest BCUT2D eigenvalue weighted by Gasteiger charge is -2.00. The lowest BCUT2D eigenvalue weighted by atomic mass is 10.4. The second kappa shape index (κ2) is 4.10. The molecule has 1 heterocycles. The fourth-order valence-corrected chi connectivity index (χ4v) is 1.35. The smallest absolute Gasteiger partial charge is 0.254 e. The minimum Gasteiger partial charge on any atom is -0.301 e. The van der Waals surface area contributed by atoms with Crippen LogP contribution in [0.25, 0.3) is 0 Å². The molecule has 0 aliphatic rings. The molecule has 0 aromatic carbocycles. The Hall–Kier alpha value is -1.28. The topological polar surface area (TPSA) is 69.5 Å². The van der Waals surface area contributed by atoms with Gasteiger partial charge in [-0.15, -0.1) is 0 Å². The number of H-pyrrole nitrogens is 1. The molecule has 1 N–H and O–H groups in total.